The second-order valence-corrected chi connectivity index (χ2v) is 5.99. The summed E-state index contributed by atoms with van der Waals surface area (Å²) >= 11 is 7.63. The average molecular weight is 282 g/mol. The smallest absolute Gasteiger partial charge is 0.148 e. The third-order valence-corrected chi connectivity index (χ3v) is 3.75. The van der Waals surface area contributed by atoms with Crippen LogP contribution in [0.25, 0.3) is 10.6 Å². The molecule has 2 rings (SSSR count). The Hall–Kier alpha value is -0.970. The van der Waals surface area contributed by atoms with E-state index in [0.29, 0.717) is 6.04 Å². The number of nitrogens with zero attached hydrogens (tertiary/aromatic N) is 2. The molecule has 5 heteroatoms. The highest BCUT2D eigenvalue weighted by atomic mass is 35.5. The fourth-order valence-corrected chi connectivity index (χ4v) is 2.59. The van der Waals surface area contributed by atoms with Crippen molar-refractivity contribution >= 4 is 22.9 Å². The molecule has 0 bridgehead atoms. The maximum atomic E-state index is 6.02. The van der Waals surface area contributed by atoms with Crippen molar-refractivity contribution in [2.45, 2.75) is 33.4 Å². The molecule has 0 saturated heterocycles. The van der Waals surface area contributed by atoms with Gasteiger partial charge in [0.25, 0.3) is 0 Å². The molecular formula is C13H16ClN3S. The number of rotatable bonds is 4. The molecule has 0 amide bonds. The molecular weight excluding hydrogens is 266 g/mol. The van der Waals surface area contributed by atoms with E-state index in [1.54, 1.807) is 11.3 Å². The molecule has 96 valence electrons. The Balaban J connectivity index is 2.21. The summed E-state index contributed by atoms with van der Waals surface area (Å²) in [6.07, 6.45) is 0. The van der Waals surface area contributed by atoms with Crippen molar-refractivity contribution in [2.24, 2.45) is 0 Å². The molecule has 0 fully saturated rings. The Labute approximate surface area is 116 Å². The van der Waals surface area contributed by atoms with Crippen molar-refractivity contribution in [3.63, 3.8) is 0 Å². The summed E-state index contributed by atoms with van der Waals surface area (Å²) in [7, 11) is 0. The number of hydrogen-bond donors (Lipinski definition) is 1. The van der Waals surface area contributed by atoms with E-state index >= 15 is 0 Å². The lowest BCUT2D eigenvalue weighted by Gasteiger charge is -2.04. The highest BCUT2D eigenvalue weighted by Crippen LogP contribution is 2.28. The summed E-state index contributed by atoms with van der Waals surface area (Å²) in [5, 5.41) is 14.4. The number of halogens is 1. The first-order chi connectivity index (χ1) is 8.56. The monoisotopic (exact) mass is 281 g/mol. The van der Waals surface area contributed by atoms with Crippen LogP contribution in [0.1, 0.15) is 24.4 Å². The molecule has 0 saturated carbocycles. The molecule has 0 aliphatic carbocycles. The summed E-state index contributed by atoms with van der Waals surface area (Å²) < 4.78 is 0. The van der Waals surface area contributed by atoms with Crippen molar-refractivity contribution in [1.29, 1.82) is 0 Å². The topological polar surface area (TPSA) is 37.8 Å². The molecule has 0 radical (unpaired) electrons. The van der Waals surface area contributed by atoms with E-state index in [2.05, 4.69) is 36.3 Å². The second-order valence-electron chi connectivity index (χ2n) is 4.50. The van der Waals surface area contributed by atoms with Crippen LogP contribution < -0.4 is 5.32 Å². The maximum absolute atomic E-state index is 6.02. The van der Waals surface area contributed by atoms with Crippen LogP contribution >= 0.6 is 22.9 Å². The van der Waals surface area contributed by atoms with Crippen molar-refractivity contribution in [1.82, 2.24) is 15.5 Å². The van der Waals surface area contributed by atoms with E-state index in [9.17, 15) is 0 Å². The van der Waals surface area contributed by atoms with E-state index < -0.39 is 0 Å². The van der Waals surface area contributed by atoms with Gasteiger partial charge in [0.05, 0.1) is 0 Å². The van der Waals surface area contributed by atoms with Crippen LogP contribution in [-0.4, -0.2) is 16.2 Å². The van der Waals surface area contributed by atoms with E-state index in [0.717, 1.165) is 27.1 Å². The quantitative estimate of drug-likeness (QED) is 0.929. The highest BCUT2D eigenvalue weighted by molar-refractivity contribution is 7.14. The summed E-state index contributed by atoms with van der Waals surface area (Å²) in [5.74, 6) is 0. The molecule has 0 unspecified atom stereocenters. The number of aryl methyl sites for hydroxylation is 1. The predicted octanol–water partition coefficient (Wildman–Crippen LogP) is 3.66. The van der Waals surface area contributed by atoms with Gasteiger partial charge in [-0.1, -0.05) is 42.9 Å². The standard InChI is InChI=1S/C13H16ClN3S/c1-8(2)15-7-12-16-17-13(18-12)11-6-10(14)5-4-9(11)3/h4-6,8,15H,7H2,1-3H3. The van der Waals surface area contributed by atoms with E-state index in [-0.39, 0.29) is 0 Å². The van der Waals surface area contributed by atoms with Crippen LogP contribution in [0.4, 0.5) is 0 Å². The van der Waals surface area contributed by atoms with E-state index in [1.165, 1.54) is 5.56 Å². The zero-order valence-electron chi connectivity index (χ0n) is 10.7. The van der Waals surface area contributed by atoms with Gasteiger partial charge in [-0.3, -0.25) is 0 Å². The Morgan fingerprint density at radius 2 is 2.11 bits per heavy atom. The zero-order chi connectivity index (χ0) is 13.1. The third-order valence-electron chi connectivity index (χ3n) is 2.56. The lowest BCUT2D eigenvalue weighted by atomic mass is 10.1. The number of aromatic nitrogens is 2. The molecule has 0 aliphatic heterocycles. The minimum absolute atomic E-state index is 0.449. The Morgan fingerprint density at radius 1 is 1.33 bits per heavy atom. The van der Waals surface area contributed by atoms with Gasteiger partial charge in [-0.25, -0.2) is 0 Å². The lowest BCUT2D eigenvalue weighted by Crippen LogP contribution is -2.21. The van der Waals surface area contributed by atoms with Gasteiger partial charge in [0, 0.05) is 23.2 Å². The summed E-state index contributed by atoms with van der Waals surface area (Å²) in [6, 6.07) is 6.29. The van der Waals surface area contributed by atoms with Crippen LogP contribution in [0.15, 0.2) is 18.2 Å². The maximum Gasteiger partial charge on any atom is 0.148 e. The van der Waals surface area contributed by atoms with Gasteiger partial charge in [0.2, 0.25) is 0 Å². The lowest BCUT2D eigenvalue weighted by molar-refractivity contribution is 0.585. The normalized spacial score (nSPS) is 11.2. The molecule has 0 atom stereocenters. The zero-order valence-corrected chi connectivity index (χ0v) is 12.3. The molecule has 0 aliphatic rings. The van der Waals surface area contributed by atoms with Crippen molar-refractivity contribution < 1.29 is 0 Å². The Morgan fingerprint density at radius 3 is 2.83 bits per heavy atom. The molecule has 1 heterocycles. The number of hydrogen-bond acceptors (Lipinski definition) is 4. The van der Waals surface area contributed by atoms with E-state index in [4.69, 9.17) is 11.6 Å². The molecule has 3 nitrogen and oxygen atoms in total. The molecule has 1 aromatic carbocycles. The van der Waals surface area contributed by atoms with Crippen LogP contribution in [0.5, 0.6) is 0 Å². The van der Waals surface area contributed by atoms with Crippen LogP contribution in [0.3, 0.4) is 0 Å². The average Bonchev–Trinajstić information content (AvgIpc) is 2.78. The first-order valence-corrected chi connectivity index (χ1v) is 7.08. The first kappa shape index (κ1) is 13.5. The fourth-order valence-electron chi connectivity index (χ4n) is 1.55. The number of nitrogens with one attached hydrogen (secondary N) is 1. The summed E-state index contributed by atoms with van der Waals surface area (Å²) in [4.78, 5) is 0. The van der Waals surface area contributed by atoms with Crippen molar-refractivity contribution in [3.05, 3.63) is 33.8 Å². The SMILES string of the molecule is Cc1ccc(Cl)cc1-c1nnc(CNC(C)C)s1. The molecule has 1 aromatic heterocycles. The number of benzene rings is 1. The molecule has 2 aromatic rings. The molecule has 18 heavy (non-hydrogen) atoms. The minimum Gasteiger partial charge on any atom is -0.308 e. The summed E-state index contributed by atoms with van der Waals surface area (Å²) in [5.41, 5.74) is 2.23. The Bertz CT molecular complexity index is 537. The van der Waals surface area contributed by atoms with Crippen LogP contribution in [0, 0.1) is 6.92 Å². The second kappa shape index (κ2) is 5.78. The molecule has 1 N–H and O–H groups in total. The van der Waals surface area contributed by atoms with Gasteiger partial charge in [-0.05, 0) is 24.6 Å². The van der Waals surface area contributed by atoms with E-state index in [1.807, 2.05) is 18.2 Å². The van der Waals surface area contributed by atoms with Gasteiger partial charge in [0.15, 0.2) is 0 Å². The first-order valence-electron chi connectivity index (χ1n) is 5.88. The highest BCUT2D eigenvalue weighted by Gasteiger charge is 2.09. The van der Waals surface area contributed by atoms with Gasteiger partial charge in [-0.15, -0.1) is 10.2 Å². The largest absolute Gasteiger partial charge is 0.308 e. The van der Waals surface area contributed by atoms with Gasteiger partial charge in [0.1, 0.15) is 10.0 Å². The summed E-state index contributed by atoms with van der Waals surface area (Å²) in [6.45, 7) is 7.04. The minimum atomic E-state index is 0.449. The van der Waals surface area contributed by atoms with Crippen molar-refractivity contribution in [3.8, 4) is 10.6 Å². The molecule has 0 spiro atoms. The fraction of sp³-hybridized carbons (Fsp3) is 0.385. The van der Waals surface area contributed by atoms with Gasteiger partial charge >= 0.3 is 0 Å². The van der Waals surface area contributed by atoms with Crippen molar-refractivity contribution in [2.75, 3.05) is 0 Å². The Kier molecular flexibility index (Phi) is 4.32. The third kappa shape index (κ3) is 3.28. The van der Waals surface area contributed by atoms with Crippen LogP contribution in [-0.2, 0) is 6.54 Å². The van der Waals surface area contributed by atoms with Crippen LogP contribution in [0.2, 0.25) is 5.02 Å². The van der Waals surface area contributed by atoms with Gasteiger partial charge in [-0.2, -0.15) is 0 Å². The predicted molar refractivity (Wildman–Crippen MR) is 77.1 cm³/mol. The van der Waals surface area contributed by atoms with Gasteiger partial charge < -0.3 is 5.32 Å².